The van der Waals surface area contributed by atoms with Gasteiger partial charge in [0.15, 0.2) is 0 Å². The molecule has 1 spiro atoms. The van der Waals surface area contributed by atoms with Crippen LogP contribution in [0.4, 0.5) is 13.2 Å². The minimum Gasteiger partial charge on any atom is -0.475 e. The van der Waals surface area contributed by atoms with Crippen LogP contribution in [-0.2, 0) is 16.6 Å². The third kappa shape index (κ3) is 6.43. The first kappa shape index (κ1) is 24.1. The molecule has 2 aliphatic rings. The number of carbonyl (C=O) groups excluding carboxylic acids is 1. The molecule has 0 bridgehead atoms. The van der Waals surface area contributed by atoms with Crippen LogP contribution in [0.3, 0.4) is 0 Å². The number of carboxylic acids is 1. The molecule has 0 aromatic carbocycles. The van der Waals surface area contributed by atoms with Crippen LogP contribution in [0.1, 0.15) is 37.2 Å². The Kier molecular flexibility index (Phi) is 7.87. The van der Waals surface area contributed by atoms with E-state index in [-0.39, 0.29) is 11.3 Å². The van der Waals surface area contributed by atoms with Crippen molar-refractivity contribution in [1.82, 2.24) is 19.4 Å². The van der Waals surface area contributed by atoms with Crippen molar-refractivity contribution in [3.8, 4) is 0 Å². The molecule has 3 rings (SSSR count). The third-order valence-electron chi connectivity index (χ3n) is 5.32. The van der Waals surface area contributed by atoms with Crippen molar-refractivity contribution in [3.05, 3.63) is 18.2 Å². The van der Waals surface area contributed by atoms with Gasteiger partial charge in [0.05, 0.1) is 19.5 Å². The van der Waals surface area contributed by atoms with Crippen molar-refractivity contribution >= 4 is 11.9 Å². The van der Waals surface area contributed by atoms with Gasteiger partial charge in [-0.25, -0.2) is 9.78 Å². The van der Waals surface area contributed by atoms with E-state index in [0.29, 0.717) is 11.7 Å². The number of aromatic nitrogens is 2. The Morgan fingerprint density at radius 3 is 2.47 bits per heavy atom. The average molecular weight is 434 g/mol. The lowest BCUT2D eigenvalue weighted by Crippen LogP contribution is -2.53. The fourth-order valence-electron chi connectivity index (χ4n) is 3.78. The van der Waals surface area contributed by atoms with E-state index < -0.39 is 12.1 Å². The first-order chi connectivity index (χ1) is 13.9. The lowest BCUT2D eigenvalue weighted by Gasteiger charge is -2.44. The van der Waals surface area contributed by atoms with Gasteiger partial charge in [-0.05, 0) is 26.7 Å². The molecule has 1 aromatic rings. The number of aliphatic carboxylic acids is 1. The number of carbonyl (C=O) groups is 2. The summed E-state index contributed by atoms with van der Waals surface area (Å²) in [6, 6.07) is 0.510. The molecule has 0 radical (unpaired) electrons. The summed E-state index contributed by atoms with van der Waals surface area (Å²) in [6.07, 6.45) is 0.561. The molecule has 2 fully saturated rings. The number of rotatable bonds is 2. The number of alkyl halides is 3. The molecule has 1 unspecified atom stereocenters. The van der Waals surface area contributed by atoms with Crippen molar-refractivity contribution in [2.24, 2.45) is 12.5 Å². The highest BCUT2D eigenvalue weighted by Crippen LogP contribution is 2.34. The third-order valence-corrected chi connectivity index (χ3v) is 5.32. The van der Waals surface area contributed by atoms with Gasteiger partial charge in [-0.3, -0.25) is 9.69 Å². The Morgan fingerprint density at radius 2 is 1.93 bits per heavy atom. The number of hydrogen-bond donors (Lipinski definition) is 1. The molecule has 30 heavy (non-hydrogen) atoms. The minimum absolute atomic E-state index is 0.0463. The molecule has 170 valence electrons. The maximum absolute atomic E-state index is 12.7. The molecule has 3 heterocycles. The van der Waals surface area contributed by atoms with Gasteiger partial charge >= 0.3 is 12.1 Å². The van der Waals surface area contributed by atoms with E-state index in [2.05, 4.69) is 23.7 Å². The van der Waals surface area contributed by atoms with Crippen LogP contribution in [0.2, 0.25) is 0 Å². The number of likely N-dealkylation sites (tertiary alicyclic amines) is 1. The summed E-state index contributed by atoms with van der Waals surface area (Å²) in [5, 5.41) is 7.12. The minimum atomic E-state index is -5.08. The molecule has 2 saturated heterocycles. The fourth-order valence-corrected chi connectivity index (χ4v) is 3.78. The zero-order valence-electron chi connectivity index (χ0n) is 17.5. The van der Waals surface area contributed by atoms with Gasteiger partial charge in [0.2, 0.25) is 0 Å². The van der Waals surface area contributed by atoms with E-state index in [1.54, 1.807) is 12.5 Å². The fraction of sp³-hybridized carbons (Fsp3) is 0.737. The van der Waals surface area contributed by atoms with Crippen LogP contribution >= 0.6 is 0 Å². The van der Waals surface area contributed by atoms with Crippen molar-refractivity contribution in [3.63, 3.8) is 0 Å². The summed E-state index contributed by atoms with van der Waals surface area (Å²) < 4.78 is 39.5. The molecule has 1 aromatic heterocycles. The van der Waals surface area contributed by atoms with Gasteiger partial charge in [0.25, 0.3) is 5.91 Å². The lowest BCUT2D eigenvalue weighted by molar-refractivity contribution is -0.192. The number of nitrogens with zero attached hydrogens (tertiary/aromatic N) is 4. The SMILES string of the molecule is CC(C)N1CCOCC2(CCCN(C(=O)c3cn(C)cn3)C2)C1.O=C(O)C(F)(F)F. The van der Waals surface area contributed by atoms with E-state index in [0.717, 1.165) is 52.2 Å². The van der Waals surface area contributed by atoms with E-state index in [1.807, 2.05) is 16.5 Å². The summed E-state index contributed by atoms with van der Waals surface area (Å²) in [6.45, 7) is 9.59. The second-order valence-corrected chi connectivity index (χ2v) is 8.17. The lowest BCUT2D eigenvalue weighted by atomic mass is 9.79. The summed E-state index contributed by atoms with van der Waals surface area (Å²) in [7, 11) is 1.89. The number of imidazole rings is 1. The summed E-state index contributed by atoms with van der Waals surface area (Å²) in [5.41, 5.74) is 0.600. The molecular formula is C19H29F3N4O4. The Balaban J connectivity index is 0.000000396. The number of piperidine rings is 1. The quantitative estimate of drug-likeness (QED) is 0.766. The number of halogens is 3. The monoisotopic (exact) mass is 434 g/mol. The van der Waals surface area contributed by atoms with E-state index >= 15 is 0 Å². The number of aryl methyl sites for hydroxylation is 1. The van der Waals surface area contributed by atoms with E-state index in [9.17, 15) is 18.0 Å². The van der Waals surface area contributed by atoms with Gasteiger partial charge in [-0.1, -0.05) is 0 Å². The Morgan fingerprint density at radius 1 is 1.27 bits per heavy atom. The molecule has 11 heteroatoms. The Labute approximate surface area is 173 Å². The Bertz CT molecular complexity index is 738. The highest BCUT2D eigenvalue weighted by atomic mass is 19.4. The summed E-state index contributed by atoms with van der Waals surface area (Å²) in [5.74, 6) is -2.71. The van der Waals surface area contributed by atoms with Gasteiger partial charge in [-0.15, -0.1) is 0 Å². The second kappa shape index (κ2) is 9.78. The maximum atomic E-state index is 12.7. The molecule has 1 amide bonds. The first-order valence-corrected chi connectivity index (χ1v) is 9.83. The normalized spacial score (nSPS) is 23.1. The van der Waals surface area contributed by atoms with Gasteiger partial charge in [0, 0.05) is 50.9 Å². The number of amides is 1. The van der Waals surface area contributed by atoms with Crippen LogP contribution in [0.15, 0.2) is 12.5 Å². The molecular weight excluding hydrogens is 405 g/mol. The van der Waals surface area contributed by atoms with E-state index in [4.69, 9.17) is 14.6 Å². The zero-order valence-corrected chi connectivity index (χ0v) is 17.5. The predicted octanol–water partition coefficient (Wildman–Crippen LogP) is 2.02. The highest BCUT2D eigenvalue weighted by molar-refractivity contribution is 5.92. The zero-order chi connectivity index (χ0) is 22.5. The first-order valence-electron chi connectivity index (χ1n) is 9.83. The van der Waals surface area contributed by atoms with Crippen LogP contribution in [-0.4, -0.2) is 87.9 Å². The molecule has 0 aliphatic carbocycles. The van der Waals surface area contributed by atoms with Crippen LogP contribution in [0.25, 0.3) is 0 Å². The van der Waals surface area contributed by atoms with Crippen molar-refractivity contribution in [2.75, 3.05) is 39.4 Å². The van der Waals surface area contributed by atoms with Gasteiger partial charge in [0.1, 0.15) is 5.69 Å². The molecule has 0 saturated carbocycles. The number of ether oxygens (including phenoxy) is 1. The van der Waals surface area contributed by atoms with Crippen molar-refractivity contribution in [2.45, 2.75) is 38.9 Å². The summed E-state index contributed by atoms with van der Waals surface area (Å²) in [4.78, 5) is 30.3. The Hall–Kier alpha value is -2.14. The van der Waals surface area contributed by atoms with Gasteiger partial charge in [-0.2, -0.15) is 13.2 Å². The van der Waals surface area contributed by atoms with Crippen LogP contribution in [0, 0.1) is 5.41 Å². The largest absolute Gasteiger partial charge is 0.490 e. The topological polar surface area (TPSA) is 87.9 Å². The molecule has 1 atom stereocenters. The van der Waals surface area contributed by atoms with Crippen molar-refractivity contribution < 1.29 is 32.6 Å². The highest BCUT2D eigenvalue weighted by Gasteiger charge is 2.41. The van der Waals surface area contributed by atoms with Crippen LogP contribution in [0.5, 0.6) is 0 Å². The smallest absolute Gasteiger partial charge is 0.475 e. The van der Waals surface area contributed by atoms with E-state index in [1.165, 1.54) is 0 Å². The second-order valence-electron chi connectivity index (χ2n) is 8.17. The van der Waals surface area contributed by atoms with Crippen molar-refractivity contribution in [1.29, 1.82) is 0 Å². The predicted molar refractivity (Wildman–Crippen MR) is 102 cm³/mol. The molecule has 1 N–H and O–H groups in total. The molecule has 2 aliphatic heterocycles. The number of carboxylic acid groups (broad SMARTS) is 1. The number of hydrogen-bond acceptors (Lipinski definition) is 5. The summed E-state index contributed by atoms with van der Waals surface area (Å²) >= 11 is 0. The standard InChI is InChI=1S/C17H28N4O2.C2HF3O2/c1-14(2)20-7-8-23-12-17(10-20)5-4-6-21(11-17)16(22)15-9-19(3)13-18-15;3-2(4,5)1(6)7/h9,13-14H,4-8,10-12H2,1-3H3;(H,6,7). The van der Waals surface area contributed by atoms with Crippen LogP contribution < -0.4 is 0 Å². The molecule has 8 nitrogen and oxygen atoms in total. The maximum Gasteiger partial charge on any atom is 0.490 e. The average Bonchev–Trinajstić information content (AvgIpc) is 2.99. The van der Waals surface area contributed by atoms with Gasteiger partial charge < -0.3 is 19.3 Å².